The molecule has 3 rings (SSSR count). The highest BCUT2D eigenvalue weighted by Crippen LogP contribution is 2.38. The van der Waals surface area contributed by atoms with Crippen molar-refractivity contribution < 1.29 is 19.1 Å². The van der Waals surface area contributed by atoms with Gasteiger partial charge in [-0.3, -0.25) is 4.79 Å². The number of carbonyl (C=O) groups is 2. The van der Waals surface area contributed by atoms with E-state index in [2.05, 4.69) is 5.32 Å². The summed E-state index contributed by atoms with van der Waals surface area (Å²) in [6, 6.07) is 0.143. The van der Waals surface area contributed by atoms with Crippen molar-refractivity contribution in [2.24, 2.45) is 5.92 Å². The minimum absolute atomic E-state index is 0.0222. The number of rotatable bonds is 2. The normalized spacial score (nSPS) is 33.2. The number of nitrogens with zero attached hydrogens (tertiary/aromatic N) is 1. The molecule has 3 saturated heterocycles. The van der Waals surface area contributed by atoms with Crippen LogP contribution in [-0.2, 0) is 14.3 Å². The van der Waals surface area contributed by atoms with Crippen LogP contribution in [0.2, 0.25) is 0 Å². The SMILES string of the molecule is CC(C)(C)OC(=O)N1CCCC(NC(=O)C2CC3CCC2O3)CC1. The van der Waals surface area contributed by atoms with Gasteiger partial charge >= 0.3 is 6.09 Å². The number of amides is 2. The molecule has 4 atom stereocenters. The lowest BCUT2D eigenvalue weighted by atomic mass is 9.88. The van der Waals surface area contributed by atoms with E-state index >= 15 is 0 Å². The molecule has 6 heteroatoms. The number of fused-ring (bicyclic) bond motifs is 2. The molecule has 3 aliphatic rings. The molecule has 0 aliphatic carbocycles. The minimum atomic E-state index is -0.473. The van der Waals surface area contributed by atoms with E-state index in [9.17, 15) is 9.59 Å². The first-order chi connectivity index (χ1) is 11.3. The van der Waals surface area contributed by atoms with Gasteiger partial charge in [0, 0.05) is 19.1 Å². The van der Waals surface area contributed by atoms with Gasteiger partial charge in [0.2, 0.25) is 5.91 Å². The Morgan fingerprint density at radius 2 is 1.92 bits per heavy atom. The number of hydrogen-bond donors (Lipinski definition) is 1. The molecule has 0 saturated carbocycles. The van der Waals surface area contributed by atoms with Crippen LogP contribution in [0.3, 0.4) is 0 Å². The Balaban J connectivity index is 1.47. The van der Waals surface area contributed by atoms with Gasteiger partial charge < -0.3 is 19.7 Å². The maximum absolute atomic E-state index is 12.5. The van der Waals surface area contributed by atoms with Crippen LogP contribution in [0.5, 0.6) is 0 Å². The molecule has 0 aromatic carbocycles. The molecule has 136 valence electrons. The molecule has 0 aromatic heterocycles. The molecule has 4 unspecified atom stereocenters. The van der Waals surface area contributed by atoms with E-state index in [-0.39, 0.29) is 30.1 Å². The molecule has 3 heterocycles. The van der Waals surface area contributed by atoms with Crippen molar-refractivity contribution in [1.29, 1.82) is 0 Å². The van der Waals surface area contributed by atoms with Crippen LogP contribution < -0.4 is 5.32 Å². The molecule has 0 radical (unpaired) electrons. The number of carbonyl (C=O) groups excluding carboxylic acids is 2. The average molecular weight is 338 g/mol. The molecule has 3 aliphatic heterocycles. The number of hydrogen-bond acceptors (Lipinski definition) is 4. The number of ether oxygens (including phenoxy) is 2. The van der Waals surface area contributed by atoms with Gasteiger partial charge in [0.1, 0.15) is 5.60 Å². The minimum Gasteiger partial charge on any atom is -0.444 e. The second-order valence-electron chi connectivity index (χ2n) is 8.32. The summed E-state index contributed by atoms with van der Waals surface area (Å²) >= 11 is 0. The van der Waals surface area contributed by atoms with Gasteiger partial charge in [-0.25, -0.2) is 4.79 Å². The molecular formula is C18H30N2O4. The highest BCUT2D eigenvalue weighted by Gasteiger charge is 2.44. The maximum atomic E-state index is 12.5. The summed E-state index contributed by atoms with van der Waals surface area (Å²) in [7, 11) is 0. The Hall–Kier alpha value is -1.30. The lowest BCUT2D eigenvalue weighted by Crippen LogP contribution is -2.42. The van der Waals surface area contributed by atoms with Crippen LogP contribution in [0.25, 0.3) is 0 Å². The van der Waals surface area contributed by atoms with Gasteiger partial charge in [0.05, 0.1) is 18.1 Å². The largest absolute Gasteiger partial charge is 0.444 e. The second-order valence-corrected chi connectivity index (χ2v) is 8.32. The fraction of sp³-hybridized carbons (Fsp3) is 0.889. The lowest BCUT2D eigenvalue weighted by Gasteiger charge is -2.26. The van der Waals surface area contributed by atoms with E-state index in [1.54, 1.807) is 4.90 Å². The number of nitrogens with one attached hydrogen (secondary N) is 1. The predicted molar refractivity (Wildman–Crippen MR) is 89.6 cm³/mol. The molecule has 6 nitrogen and oxygen atoms in total. The predicted octanol–water partition coefficient (Wildman–Crippen LogP) is 2.46. The smallest absolute Gasteiger partial charge is 0.410 e. The van der Waals surface area contributed by atoms with Crippen molar-refractivity contribution in [2.75, 3.05) is 13.1 Å². The summed E-state index contributed by atoms with van der Waals surface area (Å²) in [6.45, 7) is 6.96. The summed E-state index contributed by atoms with van der Waals surface area (Å²) in [6.07, 6.45) is 5.73. The lowest BCUT2D eigenvalue weighted by molar-refractivity contribution is -0.127. The summed E-state index contributed by atoms with van der Waals surface area (Å²) in [5.74, 6) is 0.159. The Morgan fingerprint density at radius 1 is 1.12 bits per heavy atom. The van der Waals surface area contributed by atoms with Gasteiger partial charge in [-0.2, -0.15) is 0 Å². The number of likely N-dealkylation sites (tertiary alicyclic amines) is 1. The van der Waals surface area contributed by atoms with E-state index < -0.39 is 5.60 Å². The fourth-order valence-electron chi connectivity index (χ4n) is 3.97. The van der Waals surface area contributed by atoms with Crippen LogP contribution in [0, 0.1) is 5.92 Å². The molecule has 2 amide bonds. The van der Waals surface area contributed by atoms with Gasteiger partial charge in [-0.1, -0.05) is 0 Å². The molecular weight excluding hydrogens is 308 g/mol. The van der Waals surface area contributed by atoms with E-state index in [1.807, 2.05) is 20.8 Å². The first-order valence-corrected chi connectivity index (χ1v) is 9.25. The summed E-state index contributed by atoms with van der Waals surface area (Å²) in [5, 5.41) is 3.20. The standard InChI is InChI=1S/C18H30N2O4/c1-18(2,3)24-17(22)20-9-4-5-12(8-10-20)19-16(21)14-11-13-6-7-15(14)23-13/h12-15H,4-11H2,1-3H3,(H,19,21). The van der Waals surface area contributed by atoms with Crippen LogP contribution in [-0.4, -0.2) is 53.8 Å². The van der Waals surface area contributed by atoms with E-state index in [4.69, 9.17) is 9.47 Å². The Morgan fingerprint density at radius 3 is 2.54 bits per heavy atom. The maximum Gasteiger partial charge on any atom is 0.410 e. The molecule has 0 spiro atoms. The van der Waals surface area contributed by atoms with Crippen molar-refractivity contribution in [1.82, 2.24) is 10.2 Å². The monoisotopic (exact) mass is 338 g/mol. The highest BCUT2D eigenvalue weighted by atomic mass is 16.6. The third-order valence-corrected chi connectivity index (χ3v) is 5.17. The Labute approximate surface area is 144 Å². The topological polar surface area (TPSA) is 67.9 Å². The summed E-state index contributed by atoms with van der Waals surface area (Å²) < 4.78 is 11.2. The fourth-order valence-corrected chi connectivity index (χ4v) is 3.97. The second kappa shape index (κ2) is 6.90. The van der Waals surface area contributed by atoms with Crippen LogP contribution in [0.4, 0.5) is 4.79 Å². The summed E-state index contributed by atoms with van der Waals surface area (Å²) in [4.78, 5) is 26.5. The first kappa shape index (κ1) is 17.5. The van der Waals surface area contributed by atoms with E-state index in [0.29, 0.717) is 19.2 Å². The third kappa shape index (κ3) is 4.21. The van der Waals surface area contributed by atoms with Crippen molar-refractivity contribution >= 4 is 12.0 Å². The van der Waals surface area contributed by atoms with Crippen LogP contribution in [0.15, 0.2) is 0 Å². The Kier molecular flexibility index (Phi) is 5.04. The molecule has 0 aromatic rings. The van der Waals surface area contributed by atoms with Gasteiger partial charge in [-0.15, -0.1) is 0 Å². The zero-order chi connectivity index (χ0) is 17.3. The van der Waals surface area contributed by atoms with Crippen molar-refractivity contribution in [3.8, 4) is 0 Å². The Bertz CT molecular complexity index is 488. The van der Waals surface area contributed by atoms with Gasteiger partial charge in [-0.05, 0) is 59.3 Å². The third-order valence-electron chi connectivity index (χ3n) is 5.17. The van der Waals surface area contributed by atoms with Gasteiger partial charge in [0.15, 0.2) is 0 Å². The van der Waals surface area contributed by atoms with Crippen LogP contribution >= 0.6 is 0 Å². The molecule has 3 fully saturated rings. The molecule has 2 bridgehead atoms. The van der Waals surface area contributed by atoms with Crippen LogP contribution in [0.1, 0.15) is 59.3 Å². The zero-order valence-electron chi connectivity index (χ0n) is 15.0. The van der Waals surface area contributed by atoms with Gasteiger partial charge in [0.25, 0.3) is 0 Å². The summed E-state index contributed by atoms with van der Waals surface area (Å²) in [5.41, 5.74) is -0.473. The van der Waals surface area contributed by atoms with Crippen molar-refractivity contribution in [3.05, 3.63) is 0 Å². The van der Waals surface area contributed by atoms with Crippen molar-refractivity contribution in [3.63, 3.8) is 0 Å². The average Bonchev–Trinajstić information content (AvgIpc) is 3.04. The van der Waals surface area contributed by atoms with E-state index in [0.717, 1.165) is 38.5 Å². The highest BCUT2D eigenvalue weighted by molar-refractivity contribution is 5.80. The van der Waals surface area contributed by atoms with Crippen molar-refractivity contribution in [2.45, 2.75) is 83.1 Å². The zero-order valence-corrected chi connectivity index (χ0v) is 15.0. The molecule has 1 N–H and O–H groups in total. The van der Waals surface area contributed by atoms with E-state index in [1.165, 1.54) is 0 Å². The quantitative estimate of drug-likeness (QED) is 0.840. The first-order valence-electron chi connectivity index (χ1n) is 9.25. The molecule has 24 heavy (non-hydrogen) atoms.